The Labute approximate surface area is 129 Å². The minimum atomic E-state index is -0.556. The van der Waals surface area contributed by atoms with Gasteiger partial charge < -0.3 is 4.90 Å². The standard InChI is InChI=1S/C17H18FN3O/c18-16-12-19-7-6-15(16)17(22)21-10-8-20(9-11-21)13-14-4-2-1-3-5-14/h1-7,12H,8-11,13H2. The fraction of sp³-hybridized carbons (Fsp3) is 0.294. The molecular formula is C17H18FN3O. The van der Waals surface area contributed by atoms with Gasteiger partial charge in [-0.25, -0.2) is 4.39 Å². The van der Waals surface area contributed by atoms with E-state index < -0.39 is 5.82 Å². The number of aromatic nitrogens is 1. The number of pyridine rings is 1. The molecule has 1 aliphatic heterocycles. The number of piperazine rings is 1. The SMILES string of the molecule is O=C(c1ccncc1F)N1CCN(Cc2ccccc2)CC1. The number of rotatable bonds is 3. The van der Waals surface area contributed by atoms with Gasteiger partial charge in [-0.1, -0.05) is 30.3 Å². The second-order valence-electron chi connectivity index (χ2n) is 5.41. The molecule has 1 aliphatic rings. The Hall–Kier alpha value is -2.27. The van der Waals surface area contributed by atoms with Gasteiger partial charge in [0.2, 0.25) is 0 Å². The van der Waals surface area contributed by atoms with Crippen LogP contribution in [0.2, 0.25) is 0 Å². The van der Waals surface area contributed by atoms with Crippen molar-refractivity contribution in [2.45, 2.75) is 6.54 Å². The van der Waals surface area contributed by atoms with Gasteiger partial charge in [0, 0.05) is 38.9 Å². The topological polar surface area (TPSA) is 36.4 Å². The molecule has 0 bridgehead atoms. The van der Waals surface area contributed by atoms with Crippen molar-refractivity contribution < 1.29 is 9.18 Å². The predicted molar refractivity (Wildman–Crippen MR) is 81.8 cm³/mol. The molecule has 0 atom stereocenters. The van der Waals surface area contributed by atoms with E-state index in [0.717, 1.165) is 25.8 Å². The number of halogens is 1. The van der Waals surface area contributed by atoms with Gasteiger partial charge in [-0.05, 0) is 11.6 Å². The second-order valence-corrected chi connectivity index (χ2v) is 5.41. The first kappa shape index (κ1) is 14.7. The third-order valence-corrected chi connectivity index (χ3v) is 3.91. The zero-order valence-corrected chi connectivity index (χ0v) is 12.3. The lowest BCUT2D eigenvalue weighted by Crippen LogP contribution is -2.48. The Kier molecular flexibility index (Phi) is 4.44. The van der Waals surface area contributed by atoms with Crippen LogP contribution in [0.5, 0.6) is 0 Å². The summed E-state index contributed by atoms with van der Waals surface area (Å²) in [7, 11) is 0. The van der Waals surface area contributed by atoms with Crippen LogP contribution in [0.25, 0.3) is 0 Å². The highest BCUT2D eigenvalue weighted by atomic mass is 19.1. The Morgan fingerprint density at radius 1 is 1.09 bits per heavy atom. The average molecular weight is 299 g/mol. The molecule has 0 aliphatic carbocycles. The molecule has 1 saturated heterocycles. The third-order valence-electron chi connectivity index (χ3n) is 3.91. The molecule has 0 unspecified atom stereocenters. The number of benzene rings is 1. The van der Waals surface area contributed by atoms with Crippen molar-refractivity contribution in [2.75, 3.05) is 26.2 Å². The molecule has 2 aromatic rings. The Bertz CT molecular complexity index is 639. The van der Waals surface area contributed by atoms with Crippen LogP contribution < -0.4 is 0 Å². The highest BCUT2D eigenvalue weighted by Gasteiger charge is 2.23. The first-order chi connectivity index (χ1) is 10.7. The summed E-state index contributed by atoms with van der Waals surface area (Å²) in [6.07, 6.45) is 2.53. The number of hydrogen-bond donors (Lipinski definition) is 0. The van der Waals surface area contributed by atoms with Crippen LogP contribution in [0.3, 0.4) is 0 Å². The van der Waals surface area contributed by atoms with Gasteiger partial charge in [0.05, 0.1) is 11.8 Å². The molecule has 1 aromatic carbocycles. The molecular weight excluding hydrogens is 281 g/mol. The van der Waals surface area contributed by atoms with E-state index in [4.69, 9.17) is 0 Å². The van der Waals surface area contributed by atoms with Gasteiger partial charge in [0.25, 0.3) is 5.91 Å². The first-order valence-corrected chi connectivity index (χ1v) is 7.39. The smallest absolute Gasteiger partial charge is 0.257 e. The molecule has 3 rings (SSSR count). The highest BCUT2D eigenvalue weighted by Crippen LogP contribution is 2.13. The summed E-state index contributed by atoms with van der Waals surface area (Å²) in [6, 6.07) is 11.7. The maximum atomic E-state index is 13.6. The minimum absolute atomic E-state index is 0.103. The summed E-state index contributed by atoms with van der Waals surface area (Å²) in [6.45, 7) is 3.72. The zero-order chi connectivity index (χ0) is 15.4. The highest BCUT2D eigenvalue weighted by molar-refractivity contribution is 5.94. The van der Waals surface area contributed by atoms with Crippen LogP contribution in [-0.4, -0.2) is 46.9 Å². The van der Waals surface area contributed by atoms with Crippen LogP contribution in [0.4, 0.5) is 4.39 Å². The first-order valence-electron chi connectivity index (χ1n) is 7.39. The fourth-order valence-electron chi connectivity index (χ4n) is 2.67. The van der Waals surface area contributed by atoms with Gasteiger partial charge in [-0.15, -0.1) is 0 Å². The van der Waals surface area contributed by atoms with Crippen LogP contribution >= 0.6 is 0 Å². The molecule has 114 valence electrons. The molecule has 2 heterocycles. The van der Waals surface area contributed by atoms with Gasteiger partial charge in [0.1, 0.15) is 0 Å². The van der Waals surface area contributed by atoms with E-state index in [1.165, 1.54) is 17.8 Å². The zero-order valence-electron chi connectivity index (χ0n) is 12.3. The summed E-state index contributed by atoms with van der Waals surface area (Å²) >= 11 is 0. The molecule has 0 radical (unpaired) electrons. The maximum Gasteiger partial charge on any atom is 0.257 e. The van der Waals surface area contributed by atoms with Crippen molar-refractivity contribution in [1.29, 1.82) is 0 Å². The number of carbonyl (C=O) groups is 1. The van der Waals surface area contributed by atoms with Crippen molar-refractivity contribution >= 4 is 5.91 Å². The third kappa shape index (κ3) is 3.31. The van der Waals surface area contributed by atoms with E-state index in [-0.39, 0.29) is 11.5 Å². The van der Waals surface area contributed by atoms with E-state index >= 15 is 0 Å². The molecule has 5 heteroatoms. The van der Waals surface area contributed by atoms with Crippen LogP contribution in [-0.2, 0) is 6.54 Å². The molecule has 22 heavy (non-hydrogen) atoms. The lowest BCUT2D eigenvalue weighted by molar-refractivity contribution is 0.0624. The van der Waals surface area contributed by atoms with E-state index in [2.05, 4.69) is 22.0 Å². The molecule has 1 aromatic heterocycles. The largest absolute Gasteiger partial charge is 0.336 e. The van der Waals surface area contributed by atoms with Crippen LogP contribution in [0.15, 0.2) is 48.8 Å². The number of carbonyl (C=O) groups excluding carboxylic acids is 1. The summed E-state index contributed by atoms with van der Waals surface area (Å²) in [5.41, 5.74) is 1.37. The van der Waals surface area contributed by atoms with E-state index in [1.807, 2.05) is 18.2 Å². The lowest BCUT2D eigenvalue weighted by Gasteiger charge is -2.34. The van der Waals surface area contributed by atoms with Crippen molar-refractivity contribution in [2.24, 2.45) is 0 Å². The Morgan fingerprint density at radius 3 is 2.50 bits per heavy atom. The van der Waals surface area contributed by atoms with E-state index in [1.54, 1.807) is 4.90 Å². The average Bonchev–Trinajstić information content (AvgIpc) is 2.56. The molecule has 0 saturated carbocycles. The molecule has 1 fully saturated rings. The summed E-state index contributed by atoms with van der Waals surface area (Å²) in [5.74, 6) is -0.807. The van der Waals surface area contributed by atoms with Crippen molar-refractivity contribution in [3.8, 4) is 0 Å². The monoisotopic (exact) mass is 299 g/mol. The number of hydrogen-bond acceptors (Lipinski definition) is 3. The molecule has 0 spiro atoms. The normalized spacial score (nSPS) is 15.8. The molecule has 1 amide bonds. The van der Waals surface area contributed by atoms with Gasteiger partial charge in [-0.3, -0.25) is 14.7 Å². The number of amides is 1. The fourth-order valence-corrected chi connectivity index (χ4v) is 2.67. The molecule has 4 nitrogen and oxygen atoms in total. The van der Waals surface area contributed by atoms with Crippen LogP contribution in [0, 0.1) is 5.82 Å². The number of nitrogens with zero attached hydrogens (tertiary/aromatic N) is 3. The Balaban J connectivity index is 1.58. The van der Waals surface area contributed by atoms with E-state index in [9.17, 15) is 9.18 Å². The summed E-state index contributed by atoms with van der Waals surface area (Å²) in [4.78, 5) is 20.0. The van der Waals surface area contributed by atoms with Crippen molar-refractivity contribution in [3.63, 3.8) is 0 Å². The molecule has 0 N–H and O–H groups in total. The second kappa shape index (κ2) is 6.66. The van der Waals surface area contributed by atoms with Gasteiger partial charge in [0.15, 0.2) is 5.82 Å². The van der Waals surface area contributed by atoms with Crippen molar-refractivity contribution in [3.05, 3.63) is 65.7 Å². The van der Waals surface area contributed by atoms with Crippen LogP contribution in [0.1, 0.15) is 15.9 Å². The Morgan fingerprint density at radius 2 is 1.82 bits per heavy atom. The van der Waals surface area contributed by atoms with Crippen molar-refractivity contribution in [1.82, 2.24) is 14.8 Å². The van der Waals surface area contributed by atoms with E-state index in [0.29, 0.717) is 13.1 Å². The minimum Gasteiger partial charge on any atom is -0.336 e. The lowest BCUT2D eigenvalue weighted by atomic mass is 10.1. The predicted octanol–water partition coefficient (Wildman–Crippen LogP) is 2.18. The summed E-state index contributed by atoms with van der Waals surface area (Å²) < 4.78 is 13.6. The quantitative estimate of drug-likeness (QED) is 0.871. The summed E-state index contributed by atoms with van der Waals surface area (Å²) in [5, 5.41) is 0. The van der Waals surface area contributed by atoms with Gasteiger partial charge >= 0.3 is 0 Å². The van der Waals surface area contributed by atoms with Gasteiger partial charge in [-0.2, -0.15) is 0 Å². The maximum absolute atomic E-state index is 13.6.